The standard InChI is InChI=1S/C22H25N3O2/c1-15(2)22-25-24-21(27-22)14-13-20(26)23-16(3)17-9-11-19(12-10-17)18-7-5-4-6-8-18/h4-12,15-16H,13-14H2,1-3H3,(H,23,26)/t16-/m1/s1. The average Bonchev–Trinajstić information content (AvgIpc) is 3.17. The van der Waals surface area contributed by atoms with Crippen molar-refractivity contribution in [3.05, 3.63) is 71.9 Å². The van der Waals surface area contributed by atoms with Crippen LogP contribution in [-0.4, -0.2) is 16.1 Å². The number of hydrogen-bond acceptors (Lipinski definition) is 4. The number of hydrogen-bond donors (Lipinski definition) is 1. The highest BCUT2D eigenvalue weighted by Crippen LogP contribution is 2.22. The van der Waals surface area contributed by atoms with Crippen LogP contribution in [0.15, 0.2) is 59.0 Å². The van der Waals surface area contributed by atoms with Gasteiger partial charge in [0, 0.05) is 18.8 Å². The molecule has 0 unspecified atom stereocenters. The zero-order chi connectivity index (χ0) is 19.2. The molecule has 0 aliphatic heterocycles. The maximum absolute atomic E-state index is 12.2. The fraction of sp³-hybridized carbons (Fsp3) is 0.318. The Bertz CT molecular complexity index is 870. The van der Waals surface area contributed by atoms with Gasteiger partial charge in [-0.15, -0.1) is 10.2 Å². The Morgan fingerprint density at radius 2 is 1.63 bits per heavy atom. The molecule has 0 saturated carbocycles. The first-order chi connectivity index (χ1) is 13.0. The minimum absolute atomic E-state index is 0.0288. The van der Waals surface area contributed by atoms with E-state index in [4.69, 9.17) is 4.42 Å². The molecule has 5 heteroatoms. The number of rotatable bonds is 7. The number of carbonyl (C=O) groups excluding carboxylic acids is 1. The van der Waals surface area contributed by atoms with E-state index in [0.29, 0.717) is 24.6 Å². The smallest absolute Gasteiger partial charge is 0.220 e. The Balaban J connectivity index is 1.53. The van der Waals surface area contributed by atoms with Gasteiger partial charge in [0.25, 0.3) is 0 Å². The normalized spacial score (nSPS) is 12.1. The van der Waals surface area contributed by atoms with Crippen molar-refractivity contribution in [2.24, 2.45) is 0 Å². The van der Waals surface area contributed by atoms with Gasteiger partial charge in [-0.3, -0.25) is 4.79 Å². The predicted molar refractivity (Wildman–Crippen MR) is 105 cm³/mol. The molecule has 1 N–H and O–H groups in total. The SMILES string of the molecule is CC(C)c1nnc(CCC(=O)N[C@H](C)c2ccc(-c3ccccc3)cc2)o1. The van der Waals surface area contributed by atoms with Crippen LogP contribution >= 0.6 is 0 Å². The summed E-state index contributed by atoms with van der Waals surface area (Å²) in [5.74, 6) is 1.28. The Morgan fingerprint density at radius 3 is 2.26 bits per heavy atom. The minimum atomic E-state index is -0.0590. The Hall–Kier alpha value is -2.95. The van der Waals surface area contributed by atoms with Gasteiger partial charge in [0.1, 0.15) is 0 Å². The maximum Gasteiger partial charge on any atom is 0.220 e. The molecule has 0 fully saturated rings. The van der Waals surface area contributed by atoms with E-state index < -0.39 is 0 Å². The molecule has 2 aromatic carbocycles. The number of carbonyl (C=O) groups is 1. The van der Waals surface area contributed by atoms with E-state index in [1.54, 1.807) is 0 Å². The third-order valence-electron chi connectivity index (χ3n) is 4.44. The first-order valence-corrected chi connectivity index (χ1v) is 9.30. The van der Waals surface area contributed by atoms with E-state index in [9.17, 15) is 4.79 Å². The van der Waals surface area contributed by atoms with Gasteiger partial charge in [-0.1, -0.05) is 68.4 Å². The van der Waals surface area contributed by atoms with Crippen molar-refractivity contribution in [3.8, 4) is 11.1 Å². The lowest BCUT2D eigenvalue weighted by atomic mass is 10.0. The fourth-order valence-corrected chi connectivity index (χ4v) is 2.81. The van der Waals surface area contributed by atoms with Crippen molar-refractivity contribution in [1.82, 2.24) is 15.5 Å². The van der Waals surface area contributed by atoms with E-state index in [1.807, 2.05) is 39.0 Å². The van der Waals surface area contributed by atoms with E-state index in [-0.39, 0.29) is 17.9 Å². The Morgan fingerprint density at radius 1 is 0.963 bits per heavy atom. The number of benzene rings is 2. The summed E-state index contributed by atoms with van der Waals surface area (Å²) >= 11 is 0. The van der Waals surface area contributed by atoms with E-state index in [2.05, 4.69) is 51.9 Å². The number of aromatic nitrogens is 2. The Labute approximate surface area is 159 Å². The second-order valence-electron chi connectivity index (χ2n) is 6.97. The molecule has 0 radical (unpaired) electrons. The highest BCUT2D eigenvalue weighted by molar-refractivity contribution is 5.76. The van der Waals surface area contributed by atoms with Gasteiger partial charge < -0.3 is 9.73 Å². The highest BCUT2D eigenvalue weighted by atomic mass is 16.4. The van der Waals surface area contributed by atoms with Crippen LogP contribution in [0.4, 0.5) is 0 Å². The largest absolute Gasteiger partial charge is 0.425 e. The molecule has 5 nitrogen and oxygen atoms in total. The number of amides is 1. The maximum atomic E-state index is 12.2. The van der Waals surface area contributed by atoms with Gasteiger partial charge in [-0.2, -0.15) is 0 Å². The van der Waals surface area contributed by atoms with Crippen LogP contribution in [0.5, 0.6) is 0 Å². The topological polar surface area (TPSA) is 68.0 Å². The molecule has 27 heavy (non-hydrogen) atoms. The lowest BCUT2D eigenvalue weighted by Crippen LogP contribution is -2.26. The van der Waals surface area contributed by atoms with Crippen LogP contribution in [-0.2, 0) is 11.2 Å². The molecule has 140 valence electrons. The van der Waals surface area contributed by atoms with Gasteiger partial charge in [0.05, 0.1) is 6.04 Å². The summed E-state index contributed by atoms with van der Waals surface area (Å²) in [5, 5.41) is 11.0. The molecule has 3 aromatic rings. The zero-order valence-electron chi connectivity index (χ0n) is 16.0. The molecule has 1 aromatic heterocycles. The molecular weight excluding hydrogens is 338 g/mol. The first-order valence-electron chi connectivity index (χ1n) is 9.30. The van der Waals surface area contributed by atoms with Crippen molar-refractivity contribution in [2.45, 2.75) is 45.6 Å². The molecule has 0 spiro atoms. The van der Waals surface area contributed by atoms with Crippen LogP contribution in [0.2, 0.25) is 0 Å². The molecule has 1 heterocycles. The monoisotopic (exact) mass is 363 g/mol. The average molecular weight is 363 g/mol. The quantitative estimate of drug-likeness (QED) is 0.662. The third kappa shape index (κ3) is 5.03. The van der Waals surface area contributed by atoms with Gasteiger partial charge in [-0.25, -0.2) is 0 Å². The molecule has 0 saturated heterocycles. The summed E-state index contributed by atoms with van der Waals surface area (Å²) in [6.45, 7) is 5.97. The number of aryl methyl sites for hydroxylation is 1. The van der Waals surface area contributed by atoms with Gasteiger partial charge in [0.2, 0.25) is 17.7 Å². The summed E-state index contributed by atoms with van der Waals surface area (Å²) in [6.07, 6.45) is 0.775. The lowest BCUT2D eigenvalue weighted by Gasteiger charge is -2.14. The van der Waals surface area contributed by atoms with Crippen LogP contribution in [0.1, 0.15) is 56.5 Å². The first kappa shape index (κ1) is 18.8. The molecular formula is C22H25N3O2. The molecule has 1 atom stereocenters. The number of nitrogens with zero attached hydrogens (tertiary/aromatic N) is 2. The second kappa shape index (κ2) is 8.62. The summed E-state index contributed by atoms with van der Waals surface area (Å²) in [7, 11) is 0. The lowest BCUT2D eigenvalue weighted by molar-refractivity contribution is -0.121. The Kier molecular flexibility index (Phi) is 6.01. The minimum Gasteiger partial charge on any atom is -0.425 e. The van der Waals surface area contributed by atoms with E-state index in [1.165, 1.54) is 5.56 Å². The summed E-state index contributed by atoms with van der Waals surface area (Å²) in [4.78, 5) is 12.2. The van der Waals surface area contributed by atoms with Crippen molar-refractivity contribution >= 4 is 5.91 Å². The van der Waals surface area contributed by atoms with Gasteiger partial charge >= 0.3 is 0 Å². The van der Waals surface area contributed by atoms with Crippen molar-refractivity contribution in [1.29, 1.82) is 0 Å². The fourth-order valence-electron chi connectivity index (χ4n) is 2.81. The van der Waals surface area contributed by atoms with Gasteiger partial charge in [0.15, 0.2) is 0 Å². The van der Waals surface area contributed by atoms with Crippen molar-refractivity contribution in [3.63, 3.8) is 0 Å². The van der Waals surface area contributed by atoms with Crippen LogP contribution in [0.25, 0.3) is 11.1 Å². The molecule has 0 aliphatic carbocycles. The van der Waals surface area contributed by atoms with Crippen LogP contribution in [0, 0.1) is 0 Å². The van der Waals surface area contributed by atoms with Gasteiger partial charge in [-0.05, 0) is 23.6 Å². The molecule has 0 bridgehead atoms. The van der Waals surface area contributed by atoms with Crippen LogP contribution < -0.4 is 5.32 Å². The predicted octanol–water partition coefficient (Wildman–Crippen LogP) is 4.67. The summed E-state index contributed by atoms with van der Waals surface area (Å²) in [6, 6.07) is 18.5. The molecule has 1 amide bonds. The van der Waals surface area contributed by atoms with Crippen LogP contribution in [0.3, 0.4) is 0 Å². The summed E-state index contributed by atoms with van der Waals surface area (Å²) < 4.78 is 5.54. The highest BCUT2D eigenvalue weighted by Gasteiger charge is 2.13. The zero-order valence-corrected chi connectivity index (χ0v) is 16.0. The van der Waals surface area contributed by atoms with E-state index in [0.717, 1.165) is 11.1 Å². The van der Waals surface area contributed by atoms with E-state index >= 15 is 0 Å². The molecule has 3 rings (SSSR count). The van der Waals surface area contributed by atoms with Crippen molar-refractivity contribution in [2.75, 3.05) is 0 Å². The van der Waals surface area contributed by atoms with Crippen molar-refractivity contribution < 1.29 is 9.21 Å². The molecule has 0 aliphatic rings. The second-order valence-corrected chi connectivity index (χ2v) is 6.97. The summed E-state index contributed by atoms with van der Waals surface area (Å²) in [5.41, 5.74) is 3.42. The third-order valence-corrected chi connectivity index (χ3v) is 4.44. The number of nitrogens with one attached hydrogen (secondary N) is 1.